The summed E-state index contributed by atoms with van der Waals surface area (Å²) in [6.45, 7) is 5.41. The van der Waals surface area contributed by atoms with Crippen LogP contribution in [0.15, 0.2) is 30.3 Å². The number of hydrogen-bond acceptors (Lipinski definition) is 3. The van der Waals surface area contributed by atoms with Gasteiger partial charge in [0.05, 0.1) is 0 Å². The highest BCUT2D eigenvalue weighted by Gasteiger charge is 2.51. The average Bonchev–Trinajstić information content (AvgIpc) is 2.80. The lowest BCUT2D eigenvalue weighted by molar-refractivity contribution is -0.135. The van der Waals surface area contributed by atoms with Gasteiger partial charge in [0.15, 0.2) is 0 Å². The van der Waals surface area contributed by atoms with E-state index in [1.54, 1.807) is 0 Å². The molecule has 0 saturated carbocycles. The lowest BCUT2D eigenvalue weighted by atomic mass is 9.87. The molecule has 23 heavy (non-hydrogen) atoms. The summed E-state index contributed by atoms with van der Waals surface area (Å²) in [4.78, 5) is 38.1. The summed E-state index contributed by atoms with van der Waals surface area (Å²) in [5.41, 5.74) is -0.361. The van der Waals surface area contributed by atoms with Gasteiger partial charge in [0.25, 0.3) is 5.91 Å². The summed E-state index contributed by atoms with van der Waals surface area (Å²) < 4.78 is 0. The smallest absolute Gasteiger partial charge is 0.325 e. The first-order chi connectivity index (χ1) is 10.9. The zero-order valence-electron chi connectivity index (χ0n) is 13.8. The SMILES string of the molecule is CC[C@H](C)NC(=O)CN1C(=O)N[C@@](CC)(c2ccccc2)C1=O. The maximum absolute atomic E-state index is 12.8. The van der Waals surface area contributed by atoms with Crippen molar-refractivity contribution in [2.24, 2.45) is 0 Å². The number of carbonyl (C=O) groups is 3. The maximum Gasteiger partial charge on any atom is 0.325 e. The Balaban J connectivity index is 2.20. The molecule has 0 unspecified atom stereocenters. The zero-order chi connectivity index (χ0) is 17.0. The van der Waals surface area contributed by atoms with Gasteiger partial charge in [0, 0.05) is 6.04 Å². The van der Waals surface area contributed by atoms with Gasteiger partial charge in [-0.1, -0.05) is 44.2 Å². The third-order valence-electron chi connectivity index (χ3n) is 4.29. The topological polar surface area (TPSA) is 78.5 Å². The molecule has 1 aromatic carbocycles. The molecular formula is C17H23N3O3. The van der Waals surface area contributed by atoms with Crippen molar-refractivity contribution in [2.45, 2.75) is 45.2 Å². The van der Waals surface area contributed by atoms with Crippen LogP contribution in [0.5, 0.6) is 0 Å². The minimum absolute atomic E-state index is 0.00771. The van der Waals surface area contributed by atoms with Crippen LogP contribution in [-0.4, -0.2) is 35.3 Å². The van der Waals surface area contributed by atoms with Crippen molar-refractivity contribution in [3.63, 3.8) is 0 Å². The summed E-state index contributed by atoms with van der Waals surface area (Å²) in [6.07, 6.45) is 1.21. The molecule has 0 bridgehead atoms. The number of urea groups is 1. The fraction of sp³-hybridized carbons (Fsp3) is 0.471. The van der Waals surface area contributed by atoms with Gasteiger partial charge in [-0.25, -0.2) is 4.79 Å². The number of carbonyl (C=O) groups excluding carboxylic acids is 3. The summed E-state index contributed by atoms with van der Waals surface area (Å²) in [5, 5.41) is 5.53. The number of nitrogens with one attached hydrogen (secondary N) is 2. The molecule has 2 N–H and O–H groups in total. The lowest BCUT2D eigenvalue weighted by Crippen LogP contribution is -2.45. The monoisotopic (exact) mass is 317 g/mol. The summed E-state index contributed by atoms with van der Waals surface area (Å²) in [5.74, 6) is -0.710. The van der Waals surface area contributed by atoms with Crippen LogP contribution in [0.2, 0.25) is 0 Å². The van der Waals surface area contributed by atoms with Crippen LogP contribution >= 0.6 is 0 Å². The van der Waals surface area contributed by atoms with E-state index in [9.17, 15) is 14.4 Å². The molecule has 1 aliphatic heterocycles. The predicted octanol–water partition coefficient (Wildman–Crippen LogP) is 1.76. The average molecular weight is 317 g/mol. The Morgan fingerprint density at radius 2 is 1.91 bits per heavy atom. The quantitative estimate of drug-likeness (QED) is 0.785. The standard InChI is InChI=1S/C17H23N3O3/c1-4-12(3)18-14(21)11-20-15(22)17(5-2,19-16(20)23)13-9-7-6-8-10-13/h6-10,12H,4-5,11H2,1-3H3,(H,18,21)(H,19,23)/t12-,17-/m0/s1. The van der Waals surface area contributed by atoms with Crippen LogP contribution in [0.1, 0.15) is 39.2 Å². The van der Waals surface area contributed by atoms with Crippen molar-refractivity contribution in [1.29, 1.82) is 0 Å². The molecule has 2 atom stereocenters. The van der Waals surface area contributed by atoms with Crippen molar-refractivity contribution in [1.82, 2.24) is 15.5 Å². The van der Waals surface area contributed by atoms with Crippen LogP contribution < -0.4 is 10.6 Å². The predicted molar refractivity (Wildman–Crippen MR) is 86.6 cm³/mol. The van der Waals surface area contributed by atoms with E-state index in [0.29, 0.717) is 6.42 Å². The van der Waals surface area contributed by atoms with E-state index in [1.807, 2.05) is 51.1 Å². The molecule has 0 aliphatic carbocycles. The van der Waals surface area contributed by atoms with E-state index in [-0.39, 0.29) is 24.4 Å². The fourth-order valence-electron chi connectivity index (χ4n) is 2.70. The Morgan fingerprint density at radius 1 is 1.26 bits per heavy atom. The summed E-state index contributed by atoms with van der Waals surface area (Å²) >= 11 is 0. The molecule has 1 aliphatic rings. The number of benzene rings is 1. The van der Waals surface area contributed by atoms with Crippen LogP contribution in [0.4, 0.5) is 4.79 Å². The first kappa shape index (κ1) is 17.0. The van der Waals surface area contributed by atoms with E-state index in [2.05, 4.69) is 10.6 Å². The van der Waals surface area contributed by atoms with Gasteiger partial charge in [-0.2, -0.15) is 0 Å². The maximum atomic E-state index is 12.8. The first-order valence-corrected chi connectivity index (χ1v) is 7.93. The minimum atomic E-state index is -1.09. The molecule has 0 spiro atoms. The second-order valence-corrected chi connectivity index (χ2v) is 5.82. The Labute approximate surface area is 136 Å². The van der Waals surface area contributed by atoms with Crippen LogP contribution in [-0.2, 0) is 15.1 Å². The Bertz CT molecular complexity index is 602. The third-order valence-corrected chi connectivity index (χ3v) is 4.29. The molecule has 1 saturated heterocycles. The molecule has 6 heteroatoms. The molecule has 2 rings (SSSR count). The van der Waals surface area contributed by atoms with Gasteiger partial charge in [0.1, 0.15) is 12.1 Å². The molecule has 0 aromatic heterocycles. The van der Waals surface area contributed by atoms with E-state index < -0.39 is 11.6 Å². The molecule has 0 radical (unpaired) electrons. The number of imide groups is 1. The largest absolute Gasteiger partial charge is 0.352 e. The van der Waals surface area contributed by atoms with Crippen LogP contribution in [0.25, 0.3) is 0 Å². The minimum Gasteiger partial charge on any atom is -0.352 e. The summed E-state index contributed by atoms with van der Waals surface area (Å²) in [7, 11) is 0. The zero-order valence-corrected chi connectivity index (χ0v) is 13.8. The Hall–Kier alpha value is -2.37. The number of rotatable bonds is 6. The highest BCUT2D eigenvalue weighted by Crippen LogP contribution is 2.32. The molecule has 1 heterocycles. The van der Waals surface area contributed by atoms with Gasteiger partial charge in [0.2, 0.25) is 5.91 Å². The number of amides is 4. The highest BCUT2D eigenvalue weighted by molar-refractivity contribution is 6.09. The summed E-state index contributed by atoms with van der Waals surface area (Å²) in [6, 6.07) is 8.60. The third kappa shape index (κ3) is 3.21. The van der Waals surface area contributed by atoms with Gasteiger partial charge >= 0.3 is 6.03 Å². The normalized spacial score (nSPS) is 22.0. The highest BCUT2D eigenvalue weighted by atomic mass is 16.2. The second-order valence-electron chi connectivity index (χ2n) is 5.82. The van der Waals surface area contributed by atoms with Crippen LogP contribution in [0.3, 0.4) is 0 Å². The molecule has 1 aromatic rings. The Morgan fingerprint density at radius 3 is 2.48 bits per heavy atom. The van der Waals surface area contributed by atoms with E-state index in [4.69, 9.17) is 0 Å². The fourth-order valence-corrected chi connectivity index (χ4v) is 2.70. The van der Waals surface area contributed by atoms with E-state index >= 15 is 0 Å². The van der Waals surface area contributed by atoms with Gasteiger partial charge in [-0.05, 0) is 25.3 Å². The molecule has 1 fully saturated rings. The first-order valence-electron chi connectivity index (χ1n) is 7.93. The van der Waals surface area contributed by atoms with Crippen molar-refractivity contribution in [3.8, 4) is 0 Å². The van der Waals surface area contributed by atoms with E-state index in [1.165, 1.54) is 0 Å². The van der Waals surface area contributed by atoms with Crippen molar-refractivity contribution < 1.29 is 14.4 Å². The molecule has 6 nitrogen and oxygen atoms in total. The Kier molecular flexibility index (Phi) is 5.03. The molecule has 124 valence electrons. The molecular weight excluding hydrogens is 294 g/mol. The van der Waals surface area contributed by atoms with Crippen molar-refractivity contribution >= 4 is 17.8 Å². The van der Waals surface area contributed by atoms with Gasteiger partial charge in [-0.15, -0.1) is 0 Å². The number of hydrogen-bond donors (Lipinski definition) is 2. The molecule has 4 amide bonds. The lowest BCUT2D eigenvalue weighted by Gasteiger charge is -2.25. The number of nitrogens with zero attached hydrogens (tertiary/aromatic N) is 1. The van der Waals surface area contributed by atoms with E-state index in [0.717, 1.165) is 16.9 Å². The van der Waals surface area contributed by atoms with Gasteiger partial charge in [-0.3, -0.25) is 14.5 Å². The van der Waals surface area contributed by atoms with Crippen molar-refractivity contribution in [3.05, 3.63) is 35.9 Å². The van der Waals surface area contributed by atoms with Crippen molar-refractivity contribution in [2.75, 3.05) is 6.54 Å². The van der Waals surface area contributed by atoms with Crippen LogP contribution in [0, 0.1) is 0 Å². The van der Waals surface area contributed by atoms with Gasteiger partial charge < -0.3 is 10.6 Å². The second kappa shape index (κ2) is 6.81.